The molecular weight excluding hydrogens is 222 g/mol. The standard InChI is InChI=1S/C12H17NO.2C2H6/c1-9-4-6-10(7-5-9)12(14)11-3-2-8-13-11;2*1-2/h4-7,11-14H,2-3,8H2,1H3;2*1-2H3. The van der Waals surface area contributed by atoms with Crippen LogP contribution >= 0.6 is 0 Å². The average Bonchev–Trinajstić information content (AvgIpc) is 2.97. The van der Waals surface area contributed by atoms with Crippen molar-refractivity contribution in [3.05, 3.63) is 35.4 Å². The van der Waals surface area contributed by atoms with E-state index in [1.165, 1.54) is 12.0 Å². The molecule has 0 bridgehead atoms. The van der Waals surface area contributed by atoms with Gasteiger partial charge in [0.25, 0.3) is 0 Å². The monoisotopic (exact) mass is 251 g/mol. The average molecular weight is 251 g/mol. The van der Waals surface area contributed by atoms with Crippen LogP contribution in [0.25, 0.3) is 0 Å². The lowest BCUT2D eigenvalue weighted by Gasteiger charge is -2.18. The summed E-state index contributed by atoms with van der Waals surface area (Å²) in [6.45, 7) is 11.1. The lowest BCUT2D eigenvalue weighted by atomic mass is 10.0. The highest BCUT2D eigenvalue weighted by molar-refractivity contribution is 5.24. The predicted molar refractivity (Wildman–Crippen MR) is 79.9 cm³/mol. The summed E-state index contributed by atoms with van der Waals surface area (Å²) >= 11 is 0. The zero-order chi connectivity index (χ0) is 14.0. The Bertz CT molecular complexity index is 288. The maximum atomic E-state index is 10.0. The molecule has 0 amide bonds. The van der Waals surface area contributed by atoms with Gasteiger partial charge in [-0.3, -0.25) is 0 Å². The quantitative estimate of drug-likeness (QED) is 0.837. The van der Waals surface area contributed by atoms with Crippen molar-refractivity contribution in [2.75, 3.05) is 6.54 Å². The van der Waals surface area contributed by atoms with Gasteiger partial charge in [0.15, 0.2) is 0 Å². The number of benzene rings is 1. The molecule has 0 aromatic heterocycles. The summed E-state index contributed by atoms with van der Waals surface area (Å²) in [6.07, 6.45) is 1.90. The van der Waals surface area contributed by atoms with E-state index in [4.69, 9.17) is 0 Å². The summed E-state index contributed by atoms with van der Waals surface area (Å²) < 4.78 is 0. The molecule has 18 heavy (non-hydrogen) atoms. The van der Waals surface area contributed by atoms with Crippen LogP contribution in [0.3, 0.4) is 0 Å². The smallest absolute Gasteiger partial charge is 0.0942 e. The predicted octanol–water partition coefficient (Wildman–Crippen LogP) is 3.83. The van der Waals surface area contributed by atoms with Gasteiger partial charge in [-0.05, 0) is 31.9 Å². The fourth-order valence-electron chi connectivity index (χ4n) is 1.98. The third-order valence-corrected chi connectivity index (χ3v) is 2.90. The maximum Gasteiger partial charge on any atom is 0.0942 e. The molecule has 0 spiro atoms. The van der Waals surface area contributed by atoms with Crippen LogP contribution in [0, 0.1) is 6.92 Å². The Labute approximate surface area is 112 Å². The molecule has 1 saturated heterocycles. The Hall–Kier alpha value is -0.860. The molecular formula is C16H29NO. The van der Waals surface area contributed by atoms with Gasteiger partial charge in [0.2, 0.25) is 0 Å². The number of rotatable bonds is 2. The Morgan fingerprint density at radius 1 is 1.11 bits per heavy atom. The fourth-order valence-corrected chi connectivity index (χ4v) is 1.98. The van der Waals surface area contributed by atoms with E-state index in [0.717, 1.165) is 18.5 Å². The fraction of sp³-hybridized carbons (Fsp3) is 0.625. The second-order valence-corrected chi connectivity index (χ2v) is 4.06. The Balaban J connectivity index is 0.000000659. The lowest BCUT2D eigenvalue weighted by molar-refractivity contribution is 0.137. The van der Waals surface area contributed by atoms with E-state index in [1.807, 2.05) is 52.0 Å². The summed E-state index contributed by atoms with van der Waals surface area (Å²) in [5.41, 5.74) is 2.26. The van der Waals surface area contributed by atoms with Gasteiger partial charge in [-0.25, -0.2) is 0 Å². The molecule has 2 heteroatoms. The van der Waals surface area contributed by atoms with Crippen LogP contribution in [0.1, 0.15) is 57.8 Å². The highest BCUT2D eigenvalue weighted by Crippen LogP contribution is 2.22. The molecule has 1 heterocycles. The van der Waals surface area contributed by atoms with Crippen molar-refractivity contribution in [3.63, 3.8) is 0 Å². The SMILES string of the molecule is CC.CC.Cc1ccc(C(O)C2CCCN2)cc1. The minimum atomic E-state index is -0.349. The second kappa shape index (κ2) is 10.1. The number of aliphatic hydroxyl groups is 1. The molecule has 2 nitrogen and oxygen atoms in total. The third-order valence-electron chi connectivity index (χ3n) is 2.90. The topological polar surface area (TPSA) is 32.3 Å². The highest BCUT2D eigenvalue weighted by Gasteiger charge is 2.23. The van der Waals surface area contributed by atoms with Crippen molar-refractivity contribution in [1.29, 1.82) is 0 Å². The van der Waals surface area contributed by atoms with Gasteiger partial charge in [0.05, 0.1) is 6.10 Å². The molecule has 1 aromatic rings. The summed E-state index contributed by atoms with van der Waals surface area (Å²) in [4.78, 5) is 0. The van der Waals surface area contributed by atoms with Gasteiger partial charge in [-0.2, -0.15) is 0 Å². The van der Waals surface area contributed by atoms with E-state index < -0.39 is 0 Å². The number of hydrogen-bond donors (Lipinski definition) is 2. The van der Waals surface area contributed by atoms with Crippen LogP contribution in [0.5, 0.6) is 0 Å². The molecule has 1 aliphatic heterocycles. The molecule has 2 atom stereocenters. The molecule has 1 aromatic carbocycles. The van der Waals surface area contributed by atoms with Crippen molar-refractivity contribution in [1.82, 2.24) is 5.32 Å². The van der Waals surface area contributed by atoms with E-state index in [0.29, 0.717) is 0 Å². The number of nitrogens with one attached hydrogen (secondary N) is 1. The van der Waals surface area contributed by atoms with Gasteiger partial charge < -0.3 is 10.4 Å². The van der Waals surface area contributed by atoms with Gasteiger partial charge in [-0.15, -0.1) is 0 Å². The van der Waals surface area contributed by atoms with Gasteiger partial charge in [0, 0.05) is 6.04 Å². The summed E-state index contributed by atoms with van der Waals surface area (Å²) in [6, 6.07) is 8.37. The second-order valence-electron chi connectivity index (χ2n) is 4.06. The normalized spacial score (nSPS) is 19.1. The summed E-state index contributed by atoms with van der Waals surface area (Å²) in [5, 5.41) is 13.4. The van der Waals surface area contributed by atoms with Gasteiger partial charge in [-0.1, -0.05) is 57.5 Å². The molecule has 0 saturated carbocycles. The van der Waals surface area contributed by atoms with E-state index in [9.17, 15) is 5.11 Å². The van der Waals surface area contributed by atoms with Crippen molar-refractivity contribution >= 4 is 0 Å². The number of aryl methyl sites for hydroxylation is 1. The van der Waals surface area contributed by atoms with Crippen LogP contribution in [-0.2, 0) is 0 Å². The van der Waals surface area contributed by atoms with Crippen LogP contribution in [0.2, 0.25) is 0 Å². The third kappa shape index (κ3) is 5.19. The van der Waals surface area contributed by atoms with E-state index >= 15 is 0 Å². The molecule has 1 fully saturated rings. The Morgan fingerprint density at radius 2 is 1.67 bits per heavy atom. The number of aliphatic hydroxyl groups excluding tert-OH is 1. The van der Waals surface area contributed by atoms with Crippen molar-refractivity contribution < 1.29 is 5.11 Å². The Morgan fingerprint density at radius 3 is 2.11 bits per heavy atom. The van der Waals surface area contributed by atoms with Crippen molar-refractivity contribution in [2.24, 2.45) is 0 Å². The molecule has 1 aliphatic rings. The van der Waals surface area contributed by atoms with Crippen LogP contribution in [0.4, 0.5) is 0 Å². The Kier molecular flexibility index (Phi) is 9.62. The largest absolute Gasteiger partial charge is 0.387 e. The maximum absolute atomic E-state index is 10.0. The molecule has 0 aliphatic carbocycles. The first-order valence-electron chi connectivity index (χ1n) is 7.25. The van der Waals surface area contributed by atoms with Gasteiger partial charge in [0.1, 0.15) is 0 Å². The first-order valence-corrected chi connectivity index (χ1v) is 7.25. The molecule has 2 rings (SSSR count). The van der Waals surface area contributed by atoms with E-state index in [-0.39, 0.29) is 12.1 Å². The first kappa shape index (κ1) is 17.1. The molecule has 0 radical (unpaired) electrons. The summed E-state index contributed by atoms with van der Waals surface area (Å²) in [7, 11) is 0. The van der Waals surface area contributed by atoms with Crippen LogP contribution < -0.4 is 5.32 Å². The molecule has 104 valence electrons. The molecule has 2 N–H and O–H groups in total. The zero-order valence-corrected chi connectivity index (χ0v) is 12.5. The van der Waals surface area contributed by atoms with E-state index in [2.05, 4.69) is 12.2 Å². The van der Waals surface area contributed by atoms with Crippen molar-refractivity contribution in [3.8, 4) is 0 Å². The first-order chi connectivity index (χ1) is 8.77. The molecule has 2 unspecified atom stereocenters. The minimum Gasteiger partial charge on any atom is -0.387 e. The van der Waals surface area contributed by atoms with Crippen molar-refractivity contribution in [2.45, 2.75) is 59.6 Å². The number of hydrogen-bond acceptors (Lipinski definition) is 2. The van der Waals surface area contributed by atoms with E-state index in [1.54, 1.807) is 0 Å². The highest BCUT2D eigenvalue weighted by atomic mass is 16.3. The minimum absolute atomic E-state index is 0.248. The lowest BCUT2D eigenvalue weighted by Crippen LogP contribution is -2.28. The van der Waals surface area contributed by atoms with Gasteiger partial charge >= 0.3 is 0 Å². The summed E-state index contributed by atoms with van der Waals surface area (Å²) in [5.74, 6) is 0. The van der Waals surface area contributed by atoms with Crippen LogP contribution in [0.15, 0.2) is 24.3 Å². The van der Waals surface area contributed by atoms with Crippen LogP contribution in [-0.4, -0.2) is 17.7 Å². The zero-order valence-electron chi connectivity index (χ0n) is 12.5.